The average molecular weight is 555 g/mol. The first-order valence-corrected chi connectivity index (χ1v) is 15.1. The molecule has 0 spiro atoms. The number of carbonyl (C=O) groups is 1. The zero-order chi connectivity index (χ0) is 28.4. The molecule has 0 aliphatic heterocycles. The summed E-state index contributed by atoms with van der Waals surface area (Å²) in [5.74, 6) is 1.03. The van der Waals surface area contributed by atoms with Gasteiger partial charge in [0.25, 0.3) is 11.5 Å². The van der Waals surface area contributed by atoms with Crippen molar-refractivity contribution in [1.29, 1.82) is 0 Å². The number of nitrogens with one attached hydrogen (secondary N) is 1. The Bertz CT molecular complexity index is 1200. The third-order valence-corrected chi connectivity index (χ3v) is 8.53. The lowest BCUT2D eigenvalue weighted by Crippen LogP contribution is -2.38. The smallest absolute Gasteiger partial charge is 0.261 e. The molecule has 1 amide bonds. The molecule has 0 fully saturated rings. The van der Waals surface area contributed by atoms with Crippen LogP contribution in [0.1, 0.15) is 87.7 Å². The summed E-state index contributed by atoms with van der Waals surface area (Å²) in [6.45, 7) is 12.6. The maximum absolute atomic E-state index is 13.1. The molecule has 0 radical (unpaired) electrons. The predicted molar refractivity (Wildman–Crippen MR) is 161 cm³/mol. The fourth-order valence-corrected chi connectivity index (χ4v) is 5.86. The molecule has 1 unspecified atom stereocenters. The van der Waals surface area contributed by atoms with Crippen LogP contribution in [-0.2, 0) is 19.4 Å². The van der Waals surface area contributed by atoms with Gasteiger partial charge in [0, 0.05) is 37.0 Å². The highest BCUT2D eigenvalue weighted by Crippen LogP contribution is 2.44. The summed E-state index contributed by atoms with van der Waals surface area (Å²) in [7, 11) is 0. The average Bonchev–Trinajstić information content (AvgIpc) is 3.41. The summed E-state index contributed by atoms with van der Waals surface area (Å²) < 4.78 is 8.05. The standard InChI is InChI=1S/C32H46N2O4S/c1-23(2)10-6-11-24(3)13-14-25-20-26-27(22-32(25,4)5)34(16-9-17-35)30(36)21-28(26)38-18-8-15-33-31(37)29-12-7-19-39-29/h7,10,12-13,19,21,25,35H,6,8-9,11,14-18,20,22H2,1-5H3,(H,33,37)/b24-13+. The number of pyridine rings is 1. The molecule has 0 aromatic carbocycles. The number of ether oxygens (including phenoxy) is 1. The van der Waals surface area contributed by atoms with E-state index >= 15 is 0 Å². The van der Waals surface area contributed by atoms with Crippen LogP contribution in [0.5, 0.6) is 5.75 Å². The minimum absolute atomic E-state index is 0.0296. The van der Waals surface area contributed by atoms with Crippen molar-refractivity contribution < 1.29 is 14.6 Å². The van der Waals surface area contributed by atoms with Crippen LogP contribution < -0.4 is 15.6 Å². The molecule has 39 heavy (non-hydrogen) atoms. The largest absolute Gasteiger partial charge is 0.493 e. The van der Waals surface area contributed by atoms with Gasteiger partial charge in [-0.25, -0.2) is 0 Å². The van der Waals surface area contributed by atoms with Crippen LogP contribution in [0.2, 0.25) is 0 Å². The summed E-state index contributed by atoms with van der Waals surface area (Å²) in [5.41, 5.74) is 4.90. The number of aliphatic hydroxyl groups is 1. The normalized spacial score (nSPS) is 16.5. The molecule has 2 aromatic rings. The second-order valence-corrected chi connectivity index (χ2v) is 12.6. The number of nitrogens with zero attached hydrogens (tertiary/aromatic N) is 1. The van der Waals surface area contributed by atoms with Crippen molar-refractivity contribution in [1.82, 2.24) is 9.88 Å². The zero-order valence-electron chi connectivity index (χ0n) is 24.3. The van der Waals surface area contributed by atoms with E-state index in [9.17, 15) is 14.7 Å². The summed E-state index contributed by atoms with van der Waals surface area (Å²) in [6.07, 6.45) is 10.7. The molecule has 2 N–H and O–H groups in total. The third kappa shape index (κ3) is 8.94. The Labute approximate surface area is 237 Å². The Balaban J connectivity index is 1.73. The number of amides is 1. The molecule has 3 rings (SSSR count). The van der Waals surface area contributed by atoms with Crippen LogP contribution >= 0.6 is 11.3 Å². The first kappa shape index (κ1) is 30.9. The first-order chi connectivity index (χ1) is 18.6. The molecule has 2 heterocycles. The molecule has 6 nitrogen and oxygen atoms in total. The van der Waals surface area contributed by atoms with E-state index in [0.29, 0.717) is 49.1 Å². The first-order valence-electron chi connectivity index (χ1n) is 14.2. The van der Waals surface area contributed by atoms with Crippen LogP contribution in [0.15, 0.2) is 51.7 Å². The third-order valence-electron chi connectivity index (χ3n) is 7.66. The Morgan fingerprint density at radius 1 is 1.26 bits per heavy atom. The second-order valence-electron chi connectivity index (χ2n) is 11.6. The molecule has 1 aliphatic carbocycles. The van der Waals surface area contributed by atoms with Gasteiger partial charge in [-0.15, -0.1) is 11.3 Å². The number of allylic oxidation sites excluding steroid dienone is 4. The number of fused-ring (bicyclic) bond motifs is 1. The lowest BCUT2D eigenvalue weighted by molar-refractivity contribution is 0.0955. The Morgan fingerprint density at radius 3 is 2.74 bits per heavy atom. The van der Waals surface area contributed by atoms with Gasteiger partial charge in [0.05, 0.1) is 11.5 Å². The van der Waals surface area contributed by atoms with Crippen molar-refractivity contribution in [3.63, 3.8) is 0 Å². The van der Waals surface area contributed by atoms with Crippen molar-refractivity contribution in [3.05, 3.63) is 73.4 Å². The van der Waals surface area contributed by atoms with Gasteiger partial charge in [-0.3, -0.25) is 9.59 Å². The van der Waals surface area contributed by atoms with E-state index in [0.717, 1.165) is 43.4 Å². The maximum atomic E-state index is 13.1. The molecule has 7 heteroatoms. The highest BCUT2D eigenvalue weighted by molar-refractivity contribution is 7.12. The van der Waals surface area contributed by atoms with Crippen LogP contribution in [-0.4, -0.2) is 35.3 Å². The number of hydrogen-bond acceptors (Lipinski definition) is 5. The van der Waals surface area contributed by atoms with Gasteiger partial charge < -0.3 is 19.7 Å². The number of thiophene rings is 1. The number of rotatable bonds is 14. The van der Waals surface area contributed by atoms with Crippen molar-refractivity contribution in [2.45, 2.75) is 86.1 Å². The number of carbonyl (C=O) groups excluding carboxylic acids is 1. The Hall–Kier alpha value is -2.64. The lowest BCUT2D eigenvalue weighted by atomic mass is 9.66. The number of aliphatic hydroxyl groups excluding tert-OH is 1. The van der Waals surface area contributed by atoms with Crippen LogP contribution in [0.4, 0.5) is 0 Å². The number of aromatic nitrogens is 1. The molecule has 0 bridgehead atoms. The van der Waals surface area contributed by atoms with Gasteiger partial charge in [-0.1, -0.05) is 43.2 Å². The molecular formula is C32H46N2O4S. The molecule has 0 saturated heterocycles. The van der Waals surface area contributed by atoms with Gasteiger partial charge in [0.1, 0.15) is 5.75 Å². The van der Waals surface area contributed by atoms with Crippen LogP contribution in [0.25, 0.3) is 0 Å². The Morgan fingerprint density at radius 2 is 2.05 bits per heavy atom. The fourth-order valence-electron chi connectivity index (χ4n) is 5.22. The van der Waals surface area contributed by atoms with Gasteiger partial charge in [0.2, 0.25) is 0 Å². The summed E-state index contributed by atoms with van der Waals surface area (Å²) in [4.78, 5) is 26.0. The van der Waals surface area contributed by atoms with E-state index in [1.807, 2.05) is 22.1 Å². The fraction of sp³-hybridized carbons (Fsp3) is 0.562. The van der Waals surface area contributed by atoms with Crippen molar-refractivity contribution >= 4 is 17.2 Å². The van der Waals surface area contributed by atoms with E-state index in [4.69, 9.17) is 4.74 Å². The van der Waals surface area contributed by atoms with E-state index < -0.39 is 0 Å². The minimum Gasteiger partial charge on any atom is -0.493 e. The topological polar surface area (TPSA) is 80.6 Å². The zero-order valence-corrected chi connectivity index (χ0v) is 25.2. The SMILES string of the molecule is CC(C)=CCC/C(C)=C/CC1Cc2c(OCCCNC(=O)c3cccs3)cc(=O)n(CCCO)c2CC1(C)C. The summed E-state index contributed by atoms with van der Waals surface area (Å²) in [6, 6.07) is 5.30. The monoisotopic (exact) mass is 554 g/mol. The van der Waals surface area contributed by atoms with Crippen LogP contribution in [0, 0.1) is 11.3 Å². The highest BCUT2D eigenvalue weighted by atomic mass is 32.1. The van der Waals surface area contributed by atoms with Gasteiger partial charge in [-0.2, -0.15) is 0 Å². The molecule has 214 valence electrons. The van der Waals surface area contributed by atoms with Crippen molar-refractivity contribution in [2.24, 2.45) is 11.3 Å². The van der Waals surface area contributed by atoms with Crippen LogP contribution in [0.3, 0.4) is 0 Å². The van der Waals surface area contributed by atoms with E-state index in [-0.39, 0.29) is 23.5 Å². The summed E-state index contributed by atoms with van der Waals surface area (Å²) in [5, 5.41) is 14.2. The maximum Gasteiger partial charge on any atom is 0.261 e. The molecule has 0 saturated carbocycles. The minimum atomic E-state index is -0.0764. The van der Waals surface area contributed by atoms with E-state index in [1.165, 1.54) is 22.5 Å². The Kier molecular flexibility index (Phi) is 11.6. The lowest BCUT2D eigenvalue weighted by Gasteiger charge is -2.41. The van der Waals surface area contributed by atoms with E-state index in [2.05, 4.69) is 52.1 Å². The van der Waals surface area contributed by atoms with E-state index in [1.54, 1.807) is 6.07 Å². The number of hydrogen-bond donors (Lipinski definition) is 2. The van der Waals surface area contributed by atoms with Crippen molar-refractivity contribution in [3.8, 4) is 5.75 Å². The molecule has 1 atom stereocenters. The van der Waals surface area contributed by atoms with Gasteiger partial charge in [0.15, 0.2) is 0 Å². The predicted octanol–water partition coefficient (Wildman–Crippen LogP) is 6.31. The highest BCUT2D eigenvalue weighted by Gasteiger charge is 2.37. The second kappa shape index (κ2) is 14.7. The van der Waals surface area contributed by atoms with Crippen molar-refractivity contribution in [2.75, 3.05) is 19.8 Å². The molecular weight excluding hydrogens is 508 g/mol. The summed E-state index contributed by atoms with van der Waals surface area (Å²) >= 11 is 1.42. The van der Waals surface area contributed by atoms with Gasteiger partial charge in [-0.05, 0) is 88.5 Å². The van der Waals surface area contributed by atoms with Gasteiger partial charge >= 0.3 is 0 Å². The molecule has 2 aromatic heterocycles. The molecule has 1 aliphatic rings. The quantitative estimate of drug-likeness (QED) is 0.212.